The fraction of sp³-hybridized carbons (Fsp3) is 0.250. The fourth-order valence-electron chi connectivity index (χ4n) is 2.08. The zero-order valence-corrected chi connectivity index (χ0v) is 14.8. The maximum Gasteiger partial charge on any atom is 0.233 e. The van der Waals surface area contributed by atoms with E-state index in [4.69, 9.17) is 0 Å². The van der Waals surface area contributed by atoms with Gasteiger partial charge in [-0.2, -0.15) is 0 Å². The van der Waals surface area contributed by atoms with Gasteiger partial charge in [-0.05, 0) is 34.4 Å². The molecule has 0 bridgehead atoms. The van der Waals surface area contributed by atoms with Gasteiger partial charge in [-0.15, -0.1) is 16.4 Å². The lowest BCUT2D eigenvalue weighted by Crippen LogP contribution is -2.30. The number of thioether (sulfide) groups is 1. The second-order valence-electron chi connectivity index (χ2n) is 5.16. The Morgan fingerprint density at radius 3 is 2.88 bits per heavy atom. The second-order valence-corrected chi connectivity index (χ2v) is 7.50. The number of thiophene rings is 1. The van der Waals surface area contributed by atoms with Gasteiger partial charge >= 0.3 is 0 Å². The van der Waals surface area contributed by atoms with E-state index in [9.17, 15) is 4.79 Å². The van der Waals surface area contributed by atoms with E-state index in [-0.39, 0.29) is 11.2 Å². The Morgan fingerprint density at radius 1 is 1.29 bits per heavy atom. The Hall–Kier alpha value is -2.19. The maximum atomic E-state index is 12.2. The van der Waals surface area contributed by atoms with Crippen LogP contribution in [-0.4, -0.2) is 31.4 Å². The quantitative estimate of drug-likeness (QED) is 0.657. The third kappa shape index (κ3) is 4.42. The van der Waals surface area contributed by atoms with Gasteiger partial charge in [0.2, 0.25) is 11.1 Å². The lowest BCUT2D eigenvalue weighted by Gasteiger charge is -2.11. The number of nitrogens with zero attached hydrogens (tertiary/aromatic N) is 4. The predicted molar refractivity (Wildman–Crippen MR) is 94.8 cm³/mol. The Bertz CT molecular complexity index is 773. The standard InChI is InChI=1S/C16H17N5OS2/c1-12(15(22)17-10-14-8-5-9-23-14)24-16-18-19-20-21(16)11-13-6-3-2-4-7-13/h2-9,12H,10-11H2,1H3,(H,17,22). The van der Waals surface area contributed by atoms with Crippen LogP contribution in [0.5, 0.6) is 0 Å². The van der Waals surface area contributed by atoms with Crippen LogP contribution in [0.25, 0.3) is 0 Å². The molecule has 1 atom stereocenters. The van der Waals surface area contributed by atoms with Gasteiger partial charge < -0.3 is 5.32 Å². The Morgan fingerprint density at radius 2 is 2.12 bits per heavy atom. The van der Waals surface area contributed by atoms with Crippen LogP contribution in [0, 0.1) is 0 Å². The van der Waals surface area contributed by atoms with Crippen molar-refractivity contribution in [2.24, 2.45) is 0 Å². The lowest BCUT2D eigenvalue weighted by atomic mass is 10.2. The van der Waals surface area contributed by atoms with Gasteiger partial charge in [0.15, 0.2) is 0 Å². The number of tetrazole rings is 1. The Labute approximate surface area is 148 Å². The van der Waals surface area contributed by atoms with Crippen molar-refractivity contribution < 1.29 is 4.79 Å². The van der Waals surface area contributed by atoms with E-state index >= 15 is 0 Å². The number of hydrogen-bond donors (Lipinski definition) is 1. The van der Waals surface area contributed by atoms with E-state index in [0.717, 1.165) is 10.4 Å². The van der Waals surface area contributed by atoms with E-state index in [1.165, 1.54) is 11.8 Å². The summed E-state index contributed by atoms with van der Waals surface area (Å²) in [6, 6.07) is 13.9. The molecule has 0 saturated heterocycles. The second kappa shape index (κ2) is 8.07. The summed E-state index contributed by atoms with van der Waals surface area (Å²) >= 11 is 2.99. The SMILES string of the molecule is CC(Sc1nnnn1Cc1ccccc1)C(=O)NCc1cccs1. The molecular weight excluding hydrogens is 342 g/mol. The van der Waals surface area contributed by atoms with Gasteiger partial charge in [0.25, 0.3) is 0 Å². The molecule has 1 aromatic carbocycles. The van der Waals surface area contributed by atoms with Crippen molar-refractivity contribution >= 4 is 29.0 Å². The minimum absolute atomic E-state index is 0.0253. The number of rotatable bonds is 7. The van der Waals surface area contributed by atoms with Crippen LogP contribution in [0.3, 0.4) is 0 Å². The molecule has 6 nitrogen and oxygen atoms in total. The Balaban J connectivity index is 1.57. The molecule has 1 amide bonds. The molecule has 0 saturated carbocycles. The first kappa shape index (κ1) is 16.7. The lowest BCUT2D eigenvalue weighted by molar-refractivity contribution is -0.120. The van der Waals surface area contributed by atoms with Crippen molar-refractivity contribution in [3.63, 3.8) is 0 Å². The van der Waals surface area contributed by atoms with Crippen molar-refractivity contribution in [1.29, 1.82) is 0 Å². The highest BCUT2D eigenvalue weighted by atomic mass is 32.2. The molecule has 24 heavy (non-hydrogen) atoms. The monoisotopic (exact) mass is 359 g/mol. The summed E-state index contributed by atoms with van der Waals surface area (Å²) in [5.74, 6) is -0.0253. The first-order valence-corrected chi connectivity index (χ1v) is 9.25. The third-order valence-corrected chi connectivity index (χ3v) is 5.29. The first-order chi connectivity index (χ1) is 11.7. The normalized spacial score (nSPS) is 12.0. The molecule has 0 radical (unpaired) electrons. The summed E-state index contributed by atoms with van der Waals surface area (Å²) in [5, 5.41) is 17.1. The number of carbonyl (C=O) groups is 1. The molecule has 2 aromatic heterocycles. The molecule has 0 fully saturated rings. The molecule has 1 unspecified atom stereocenters. The Kier molecular flexibility index (Phi) is 5.60. The highest BCUT2D eigenvalue weighted by Crippen LogP contribution is 2.21. The molecule has 0 aliphatic heterocycles. The number of nitrogens with one attached hydrogen (secondary N) is 1. The molecule has 2 heterocycles. The van der Waals surface area contributed by atoms with Crippen LogP contribution in [0.1, 0.15) is 17.4 Å². The third-order valence-electron chi connectivity index (χ3n) is 3.34. The molecule has 0 aliphatic carbocycles. The van der Waals surface area contributed by atoms with E-state index in [1.807, 2.05) is 54.8 Å². The molecule has 0 aliphatic rings. The maximum absolute atomic E-state index is 12.2. The van der Waals surface area contributed by atoms with Crippen molar-refractivity contribution in [2.45, 2.75) is 30.4 Å². The van der Waals surface area contributed by atoms with Crippen LogP contribution < -0.4 is 5.32 Å². The molecule has 3 rings (SSSR count). The van der Waals surface area contributed by atoms with E-state index in [1.54, 1.807) is 16.0 Å². The zero-order valence-electron chi connectivity index (χ0n) is 13.1. The van der Waals surface area contributed by atoms with Crippen molar-refractivity contribution in [1.82, 2.24) is 25.5 Å². The summed E-state index contributed by atoms with van der Waals surface area (Å²) in [4.78, 5) is 13.4. The van der Waals surface area contributed by atoms with E-state index in [2.05, 4.69) is 20.8 Å². The fourth-order valence-corrected chi connectivity index (χ4v) is 3.54. The van der Waals surface area contributed by atoms with Crippen molar-refractivity contribution in [3.05, 3.63) is 58.3 Å². The van der Waals surface area contributed by atoms with Gasteiger partial charge in [-0.1, -0.05) is 48.2 Å². The largest absolute Gasteiger partial charge is 0.350 e. The molecule has 1 N–H and O–H groups in total. The minimum atomic E-state index is -0.273. The summed E-state index contributed by atoms with van der Waals surface area (Å²) in [6.45, 7) is 2.99. The number of benzene rings is 1. The topological polar surface area (TPSA) is 72.7 Å². The molecule has 8 heteroatoms. The van der Waals surface area contributed by atoms with Gasteiger partial charge in [0, 0.05) is 4.88 Å². The molecule has 124 valence electrons. The van der Waals surface area contributed by atoms with Crippen LogP contribution in [0.2, 0.25) is 0 Å². The summed E-state index contributed by atoms with van der Waals surface area (Å²) in [5.41, 5.74) is 1.11. The predicted octanol–water partition coefficient (Wildman–Crippen LogP) is 2.58. The average Bonchev–Trinajstić information content (AvgIpc) is 3.26. The van der Waals surface area contributed by atoms with Crippen LogP contribution in [0.15, 0.2) is 53.0 Å². The van der Waals surface area contributed by atoms with E-state index in [0.29, 0.717) is 18.2 Å². The number of aromatic nitrogens is 4. The summed E-state index contributed by atoms with van der Waals surface area (Å²) in [7, 11) is 0. The first-order valence-electron chi connectivity index (χ1n) is 7.49. The average molecular weight is 359 g/mol. The molecular formula is C16H17N5OS2. The van der Waals surface area contributed by atoms with E-state index < -0.39 is 0 Å². The van der Waals surface area contributed by atoms with Crippen LogP contribution in [0.4, 0.5) is 0 Å². The van der Waals surface area contributed by atoms with Crippen molar-refractivity contribution in [3.8, 4) is 0 Å². The van der Waals surface area contributed by atoms with Gasteiger partial charge in [-0.3, -0.25) is 4.79 Å². The van der Waals surface area contributed by atoms with Crippen LogP contribution in [-0.2, 0) is 17.9 Å². The summed E-state index contributed by atoms with van der Waals surface area (Å²) in [6.07, 6.45) is 0. The molecule has 0 spiro atoms. The van der Waals surface area contributed by atoms with Crippen molar-refractivity contribution in [2.75, 3.05) is 0 Å². The number of carbonyl (C=O) groups excluding carboxylic acids is 1. The highest BCUT2D eigenvalue weighted by molar-refractivity contribution is 8.00. The number of amides is 1. The van der Waals surface area contributed by atoms with Crippen LogP contribution >= 0.6 is 23.1 Å². The highest BCUT2D eigenvalue weighted by Gasteiger charge is 2.18. The van der Waals surface area contributed by atoms with Gasteiger partial charge in [0.1, 0.15) is 0 Å². The van der Waals surface area contributed by atoms with Gasteiger partial charge in [0.05, 0.1) is 18.3 Å². The minimum Gasteiger partial charge on any atom is -0.350 e. The smallest absolute Gasteiger partial charge is 0.233 e. The molecule has 3 aromatic rings. The van der Waals surface area contributed by atoms with Gasteiger partial charge in [-0.25, -0.2) is 4.68 Å². The zero-order chi connectivity index (χ0) is 16.8. The number of hydrogen-bond acceptors (Lipinski definition) is 6. The summed E-state index contributed by atoms with van der Waals surface area (Å²) < 4.78 is 1.71.